The average molecular weight is 313 g/mol. The molecule has 7 heteroatoms. The molecule has 3 atom stereocenters. The Bertz CT molecular complexity index is 526. The number of nitrogen functional groups attached to an aromatic ring is 1. The second kappa shape index (κ2) is 5.59. The number of hydrogen-bond donors (Lipinski definition) is 2. The number of halogens is 1. The molecule has 3 heterocycles. The van der Waals surface area contributed by atoms with Crippen molar-refractivity contribution in [3.8, 4) is 0 Å². The fourth-order valence-electron chi connectivity index (χ4n) is 3.43. The van der Waals surface area contributed by atoms with Crippen molar-refractivity contribution in [2.24, 2.45) is 5.92 Å². The summed E-state index contributed by atoms with van der Waals surface area (Å²) in [7, 11) is 0. The molecule has 2 aliphatic heterocycles. The van der Waals surface area contributed by atoms with Crippen molar-refractivity contribution in [2.45, 2.75) is 37.8 Å². The second-order valence-corrected chi connectivity index (χ2v) is 6.47. The van der Waals surface area contributed by atoms with Crippen LogP contribution in [0.15, 0.2) is 6.33 Å². The highest BCUT2D eigenvalue weighted by Gasteiger charge is 2.44. The van der Waals surface area contributed by atoms with Gasteiger partial charge in [0.15, 0.2) is 5.82 Å². The molecule has 1 aromatic rings. The molecule has 0 unspecified atom stereocenters. The van der Waals surface area contributed by atoms with Crippen LogP contribution < -0.4 is 10.6 Å². The summed E-state index contributed by atoms with van der Waals surface area (Å²) in [5.74, 6) is 0.994. The molecule has 116 valence electrons. The number of nitrogens with zero attached hydrogens (tertiary/aromatic N) is 3. The molecule has 2 saturated heterocycles. The summed E-state index contributed by atoms with van der Waals surface area (Å²) in [5, 5.41) is 11.1. The Labute approximate surface area is 129 Å². The lowest BCUT2D eigenvalue weighted by atomic mass is 9.79. The van der Waals surface area contributed by atoms with Gasteiger partial charge in [0.2, 0.25) is 0 Å². The lowest BCUT2D eigenvalue weighted by molar-refractivity contribution is -0.108. The maximum absolute atomic E-state index is 10.7. The average Bonchev–Trinajstić information content (AvgIpc) is 2.90. The van der Waals surface area contributed by atoms with Gasteiger partial charge in [-0.1, -0.05) is 11.6 Å². The fraction of sp³-hybridized carbons (Fsp3) is 0.714. The third-order valence-electron chi connectivity index (χ3n) is 4.68. The summed E-state index contributed by atoms with van der Waals surface area (Å²) in [5.41, 5.74) is 5.06. The van der Waals surface area contributed by atoms with Crippen molar-refractivity contribution in [3.05, 3.63) is 11.3 Å². The van der Waals surface area contributed by atoms with E-state index in [4.69, 9.17) is 22.1 Å². The summed E-state index contributed by atoms with van der Waals surface area (Å²) in [6, 6.07) is 0.159. The van der Waals surface area contributed by atoms with Crippen molar-refractivity contribution in [1.82, 2.24) is 9.97 Å². The minimum atomic E-state index is -0.726. The van der Waals surface area contributed by atoms with Crippen molar-refractivity contribution in [1.29, 1.82) is 0 Å². The Balaban J connectivity index is 1.90. The molecule has 2 aliphatic rings. The number of hydrogen-bond acceptors (Lipinski definition) is 6. The molecule has 2 fully saturated rings. The van der Waals surface area contributed by atoms with E-state index in [0.29, 0.717) is 36.3 Å². The maximum Gasteiger partial charge on any atom is 0.153 e. The van der Waals surface area contributed by atoms with Gasteiger partial charge in [-0.05, 0) is 26.2 Å². The third-order valence-corrected chi connectivity index (χ3v) is 5.05. The number of aliphatic hydroxyl groups is 1. The van der Waals surface area contributed by atoms with Crippen molar-refractivity contribution < 1.29 is 9.84 Å². The SMILES string of the molecule is C[C@]1(O)CCOC[C@H]1[C@H]1CCCN1c1ncnc(N)c1Cl. The Morgan fingerprint density at radius 1 is 1.52 bits per heavy atom. The van der Waals surface area contributed by atoms with E-state index >= 15 is 0 Å². The van der Waals surface area contributed by atoms with E-state index in [1.165, 1.54) is 6.33 Å². The quantitative estimate of drug-likeness (QED) is 0.860. The van der Waals surface area contributed by atoms with Crippen LogP contribution in [-0.4, -0.2) is 46.5 Å². The first kappa shape index (κ1) is 14.8. The van der Waals surface area contributed by atoms with E-state index in [1.807, 2.05) is 6.92 Å². The van der Waals surface area contributed by atoms with Crippen LogP contribution in [0.3, 0.4) is 0 Å². The van der Waals surface area contributed by atoms with Crippen LogP contribution in [0.4, 0.5) is 11.6 Å². The normalized spacial score (nSPS) is 33.4. The van der Waals surface area contributed by atoms with E-state index in [-0.39, 0.29) is 12.0 Å². The van der Waals surface area contributed by atoms with E-state index in [0.717, 1.165) is 19.4 Å². The first-order chi connectivity index (χ1) is 10.0. The van der Waals surface area contributed by atoms with E-state index in [9.17, 15) is 5.11 Å². The number of rotatable bonds is 2. The maximum atomic E-state index is 10.7. The first-order valence-electron chi connectivity index (χ1n) is 7.33. The Hall–Kier alpha value is -1.11. The standard InChI is InChI=1S/C14H21ClN4O2/c1-14(20)4-6-21-7-9(14)10-3-2-5-19(10)13-11(15)12(16)17-8-18-13/h8-10,20H,2-7H2,1H3,(H2,16,17,18)/t9-,10+,14-/m0/s1. The number of ether oxygens (including phenoxy) is 1. The van der Waals surface area contributed by atoms with Gasteiger partial charge in [0.05, 0.1) is 12.2 Å². The third kappa shape index (κ3) is 2.67. The second-order valence-electron chi connectivity index (χ2n) is 6.09. The highest BCUT2D eigenvalue weighted by Crippen LogP contribution is 2.39. The van der Waals surface area contributed by atoms with Gasteiger partial charge >= 0.3 is 0 Å². The molecule has 0 spiro atoms. The van der Waals surface area contributed by atoms with Gasteiger partial charge in [0.25, 0.3) is 0 Å². The summed E-state index contributed by atoms with van der Waals surface area (Å²) in [6.45, 7) is 3.92. The topological polar surface area (TPSA) is 84.5 Å². The molecular weight excluding hydrogens is 292 g/mol. The number of aromatic nitrogens is 2. The van der Waals surface area contributed by atoms with Crippen LogP contribution >= 0.6 is 11.6 Å². The van der Waals surface area contributed by atoms with Gasteiger partial charge in [-0.15, -0.1) is 0 Å². The van der Waals surface area contributed by atoms with Crippen LogP contribution in [0.1, 0.15) is 26.2 Å². The molecule has 21 heavy (non-hydrogen) atoms. The predicted molar refractivity (Wildman–Crippen MR) is 81.4 cm³/mol. The molecule has 0 bridgehead atoms. The molecule has 3 rings (SSSR count). The van der Waals surface area contributed by atoms with Crippen LogP contribution in [0.2, 0.25) is 5.02 Å². The summed E-state index contributed by atoms with van der Waals surface area (Å²) >= 11 is 6.26. The molecule has 6 nitrogen and oxygen atoms in total. The van der Waals surface area contributed by atoms with Gasteiger partial charge in [-0.25, -0.2) is 9.97 Å². The van der Waals surface area contributed by atoms with Crippen molar-refractivity contribution in [2.75, 3.05) is 30.4 Å². The highest BCUT2D eigenvalue weighted by molar-refractivity contribution is 6.35. The zero-order valence-electron chi connectivity index (χ0n) is 12.1. The Morgan fingerprint density at radius 2 is 2.33 bits per heavy atom. The Morgan fingerprint density at radius 3 is 3.10 bits per heavy atom. The summed E-state index contributed by atoms with van der Waals surface area (Å²) < 4.78 is 5.59. The van der Waals surface area contributed by atoms with Crippen LogP contribution in [0.25, 0.3) is 0 Å². The van der Waals surface area contributed by atoms with Crippen molar-refractivity contribution in [3.63, 3.8) is 0 Å². The van der Waals surface area contributed by atoms with Gasteiger partial charge in [-0.2, -0.15) is 0 Å². The van der Waals surface area contributed by atoms with Crippen LogP contribution in [0, 0.1) is 5.92 Å². The Kier molecular flexibility index (Phi) is 3.94. The number of anilines is 2. The predicted octanol–water partition coefficient (Wildman–Crippen LogP) is 1.47. The molecule has 0 saturated carbocycles. The molecule has 0 aromatic carbocycles. The van der Waals surface area contributed by atoms with Gasteiger partial charge in [-0.3, -0.25) is 0 Å². The lowest BCUT2D eigenvalue weighted by Crippen LogP contribution is -2.52. The molecule has 3 N–H and O–H groups in total. The number of nitrogens with two attached hydrogens (primary N) is 1. The van der Waals surface area contributed by atoms with Crippen LogP contribution in [-0.2, 0) is 4.74 Å². The van der Waals surface area contributed by atoms with E-state index in [2.05, 4.69) is 14.9 Å². The summed E-state index contributed by atoms with van der Waals surface area (Å²) in [4.78, 5) is 10.4. The van der Waals surface area contributed by atoms with E-state index in [1.54, 1.807) is 0 Å². The first-order valence-corrected chi connectivity index (χ1v) is 7.71. The van der Waals surface area contributed by atoms with Gasteiger partial charge < -0.3 is 20.5 Å². The zero-order valence-corrected chi connectivity index (χ0v) is 12.9. The van der Waals surface area contributed by atoms with Gasteiger partial charge in [0.1, 0.15) is 17.2 Å². The minimum Gasteiger partial charge on any atom is -0.390 e. The smallest absolute Gasteiger partial charge is 0.153 e. The molecule has 0 aliphatic carbocycles. The summed E-state index contributed by atoms with van der Waals surface area (Å²) in [6.07, 6.45) is 4.12. The molecule has 1 aromatic heterocycles. The largest absolute Gasteiger partial charge is 0.390 e. The van der Waals surface area contributed by atoms with Crippen LogP contribution in [0.5, 0.6) is 0 Å². The molecular formula is C14H21ClN4O2. The minimum absolute atomic E-state index is 0.0426. The molecule has 0 radical (unpaired) electrons. The molecule has 0 amide bonds. The monoisotopic (exact) mass is 312 g/mol. The van der Waals surface area contributed by atoms with Crippen molar-refractivity contribution >= 4 is 23.2 Å². The zero-order chi connectivity index (χ0) is 15.0. The lowest BCUT2D eigenvalue weighted by Gasteiger charge is -2.43. The highest BCUT2D eigenvalue weighted by atomic mass is 35.5. The fourth-order valence-corrected chi connectivity index (χ4v) is 3.63. The van der Waals surface area contributed by atoms with Gasteiger partial charge in [0, 0.05) is 25.1 Å². The van der Waals surface area contributed by atoms with E-state index < -0.39 is 5.60 Å².